The zero-order valence-electron chi connectivity index (χ0n) is 8.68. The smallest absolute Gasteiger partial charge is 0.176 e. The van der Waals surface area contributed by atoms with Crippen molar-refractivity contribution in [2.75, 3.05) is 0 Å². The second kappa shape index (κ2) is 3.07. The highest BCUT2D eigenvalue weighted by molar-refractivity contribution is 5.62. The summed E-state index contributed by atoms with van der Waals surface area (Å²) in [5.41, 5.74) is 13.1. The van der Waals surface area contributed by atoms with E-state index in [1.165, 1.54) is 0 Å². The molecule has 3 rings (SSSR count). The van der Waals surface area contributed by atoms with Crippen LogP contribution in [0.4, 0.5) is 0 Å². The number of ether oxygens (including phenoxy) is 1. The predicted molar refractivity (Wildman–Crippen MR) is 62.1 cm³/mol. The third kappa shape index (κ3) is 1.30. The molecule has 0 saturated heterocycles. The third-order valence-electron chi connectivity index (χ3n) is 2.85. The molecule has 1 heterocycles. The molecule has 0 bridgehead atoms. The van der Waals surface area contributed by atoms with Crippen LogP contribution in [0.5, 0.6) is 11.5 Å². The number of rotatable bonds is 2. The van der Waals surface area contributed by atoms with Gasteiger partial charge in [-0.25, -0.2) is 0 Å². The Morgan fingerprint density at radius 3 is 2.38 bits per heavy atom. The summed E-state index contributed by atoms with van der Waals surface area (Å²) in [6.45, 7) is 0. The molecule has 0 saturated carbocycles. The molecule has 0 fully saturated rings. The SMILES string of the molecule is NC(N)(c1ccccc1)c1cccc2c1O2. The van der Waals surface area contributed by atoms with Crippen molar-refractivity contribution in [2.45, 2.75) is 5.66 Å². The summed E-state index contributed by atoms with van der Waals surface area (Å²) in [7, 11) is 0. The highest BCUT2D eigenvalue weighted by Crippen LogP contribution is 2.50. The average Bonchev–Trinajstić information content (AvgIpc) is 3.08. The molecular formula is C13H12N2O. The second-order valence-corrected chi connectivity index (χ2v) is 3.97. The lowest BCUT2D eigenvalue weighted by Gasteiger charge is -2.24. The maximum absolute atomic E-state index is 6.19. The van der Waals surface area contributed by atoms with Crippen molar-refractivity contribution in [3.05, 3.63) is 59.7 Å². The van der Waals surface area contributed by atoms with Gasteiger partial charge in [0, 0.05) is 5.56 Å². The largest absolute Gasteiger partial charge is 0.449 e. The van der Waals surface area contributed by atoms with E-state index in [9.17, 15) is 0 Å². The van der Waals surface area contributed by atoms with E-state index in [0.717, 1.165) is 22.6 Å². The molecule has 0 spiro atoms. The number of fused-ring (bicyclic) bond motifs is 1. The lowest BCUT2D eigenvalue weighted by molar-refractivity contribution is 0.549. The number of benzene rings is 2. The first kappa shape index (κ1) is 9.39. The van der Waals surface area contributed by atoms with Gasteiger partial charge in [0.1, 0.15) is 5.66 Å². The summed E-state index contributed by atoms with van der Waals surface area (Å²) >= 11 is 0. The van der Waals surface area contributed by atoms with Crippen molar-refractivity contribution < 1.29 is 4.74 Å². The number of hydrogen-bond donors (Lipinski definition) is 2. The predicted octanol–water partition coefficient (Wildman–Crippen LogP) is 1.91. The van der Waals surface area contributed by atoms with Crippen molar-refractivity contribution in [3.8, 4) is 11.5 Å². The van der Waals surface area contributed by atoms with E-state index >= 15 is 0 Å². The molecule has 1 aliphatic heterocycles. The summed E-state index contributed by atoms with van der Waals surface area (Å²) in [6.07, 6.45) is 0. The molecule has 0 atom stereocenters. The first-order chi connectivity index (χ1) is 7.69. The Morgan fingerprint density at radius 2 is 1.62 bits per heavy atom. The monoisotopic (exact) mass is 212 g/mol. The summed E-state index contributed by atoms with van der Waals surface area (Å²) in [4.78, 5) is 0. The highest BCUT2D eigenvalue weighted by Gasteiger charge is 2.35. The van der Waals surface area contributed by atoms with Crippen LogP contribution in [0.25, 0.3) is 0 Å². The van der Waals surface area contributed by atoms with Crippen LogP contribution in [0, 0.1) is 0 Å². The van der Waals surface area contributed by atoms with Crippen molar-refractivity contribution >= 4 is 0 Å². The van der Waals surface area contributed by atoms with Gasteiger partial charge in [-0.2, -0.15) is 0 Å². The van der Waals surface area contributed by atoms with E-state index in [1.807, 2.05) is 48.5 Å². The Bertz CT molecular complexity index is 535. The molecule has 3 heteroatoms. The van der Waals surface area contributed by atoms with Crippen molar-refractivity contribution in [1.82, 2.24) is 0 Å². The Kier molecular flexibility index (Phi) is 1.80. The first-order valence-electron chi connectivity index (χ1n) is 5.14. The maximum Gasteiger partial charge on any atom is 0.176 e. The highest BCUT2D eigenvalue weighted by atomic mass is 16.6. The van der Waals surface area contributed by atoms with E-state index < -0.39 is 5.66 Å². The minimum Gasteiger partial charge on any atom is -0.449 e. The Hall–Kier alpha value is -1.84. The fourth-order valence-corrected chi connectivity index (χ4v) is 1.88. The molecule has 0 aromatic heterocycles. The number of nitrogens with two attached hydrogens (primary N) is 2. The molecular weight excluding hydrogens is 200 g/mol. The molecule has 0 unspecified atom stereocenters. The van der Waals surface area contributed by atoms with Gasteiger partial charge in [0.05, 0.1) is 0 Å². The normalized spacial score (nSPS) is 12.9. The zero-order valence-corrected chi connectivity index (χ0v) is 8.68. The van der Waals surface area contributed by atoms with Crippen molar-refractivity contribution in [3.63, 3.8) is 0 Å². The topological polar surface area (TPSA) is 64.6 Å². The summed E-state index contributed by atoms with van der Waals surface area (Å²) in [5, 5.41) is 0. The van der Waals surface area contributed by atoms with Crippen LogP contribution in [-0.4, -0.2) is 0 Å². The van der Waals surface area contributed by atoms with Crippen LogP contribution in [0.3, 0.4) is 0 Å². The van der Waals surface area contributed by atoms with Gasteiger partial charge in [-0.15, -0.1) is 0 Å². The molecule has 0 radical (unpaired) electrons. The molecule has 2 aromatic carbocycles. The van der Waals surface area contributed by atoms with Crippen molar-refractivity contribution in [2.24, 2.45) is 11.5 Å². The van der Waals surface area contributed by atoms with E-state index in [1.54, 1.807) is 0 Å². The maximum atomic E-state index is 6.19. The summed E-state index contributed by atoms with van der Waals surface area (Å²) < 4.78 is 5.32. The van der Waals surface area contributed by atoms with Crippen LogP contribution < -0.4 is 16.2 Å². The molecule has 16 heavy (non-hydrogen) atoms. The van der Waals surface area contributed by atoms with Crippen LogP contribution in [-0.2, 0) is 5.66 Å². The van der Waals surface area contributed by atoms with Gasteiger partial charge in [-0.3, -0.25) is 0 Å². The van der Waals surface area contributed by atoms with Gasteiger partial charge in [0.15, 0.2) is 11.5 Å². The first-order valence-corrected chi connectivity index (χ1v) is 5.14. The lowest BCUT2D eigenvalue weighted by atomic mass is 9.93. The molecule has 3 nitrogen and oxygen atoms in total. The average molecular weight is 212 g/mol. The standard InChI is InChI=1S/C13H12N2O/c14-13(15,9-5-2-1-3-6-9)10-7-4-8-11-12(10)16-11/h1-8H,14-15H2. The number of hydrogen-bond acceptors (Lipinski definition) is 3. The molecule has 0 aliphatic carbocycles. The van der Waals surface area contributed by atoms with Gasteiger partial charge in [-0.1, -0.05) is 42.5 Å². The quantitative estimate of drug-likeness (QED) is 0.503. The van der Waals surface area contributed by atoms with Gasteiger partial charge in [0.25, 0.3) is 0 Å². The van der Waals surface area contributed by atoms with E-state index in [-0.39, 0.29) is 0 Å². The second-order valence-electron chi connectivity index (χ2n) is 3.97. The molecule has 2 aromatic rings. The van der Waals surface area contributed by atoms with E-state index in [2.05, 4.69) is 0 Å². The molecule has 0 amide bonds. The lowest BCUT2D eigenvalue weighted by Crippen LogP contribution is -2.46. The zero-order chi connectivity index (χ0) is 11.2. The van der Waals surface area contributed by atoms with Crippen LogP contribution in [0.2, 0.25) is 0 Å². The van der Waals surface area contributed by atoms with Gasteiger partial charge < -0.3 is 16.2 Å². The fraction of sp³-hybridized carbons (Fsp3) is 0.0769. The number of para-hydroxylation sites is 1. The Labute approximate surface area is 93.6 Å². The van der Waals surface area contributed by atoms with Gasteiger partial charge >= 0.3 is 0 Å². The Balaban J connectivity index is 2.10. The van der Waals surface area contributed by atoms with Crippen LogP contribution in [0.1, 0.15) is 11.1 Å². The molecule has 4 N–H and O–H groups in total. The molecule has 80 valence electrons. The minimum atomic E-state index is -0.997. The minimum absolute atomic E-state index is 0.816. The van der Waals surface area contributed by atoms with Gasteiger partial charge in [-0.05, 0) is 11.6 Å². The van der Waals surface area contributed by atoms with Crippen LogP contribution in [0.15, 0.2) is 48.5 Å². The molecule has 1 aliphatic rings. The summed E-state index contributed by atoms with van der Waals surface area (Å²) in [6, 6.07) is 15.3. The Morgan fingerprint density at radius 1 is 0.875 bits per heavy atom. The van der Waals surface area contributed by atoms with E-state index in [0.29, 0.717) is 0 Å². The summed E-state index contributed by atoms with van der Waals surface area (Å²) in [5.74, 6) is 1.69. The van der Waals surface area contributed by atoms with E-state index in [4.69, 9.17) is 16.2 Å². The van der Waals surface area contributed by atoms with Crippen LogP contribution >= 0.6 is 0 Å². The third-order valence-corrected chi connectivity index (χ3v) is 2.85. The van der Waals surface area contributed by atoms with Gasteiger partial charge in [0.2, 0.25) is 0 Å². The fourth-order valence-electron chi connectivity index (χ4n) is 1.88. The van der Waals surface area contributed by atoms with Crippen molar-refractivity contribution in [1.29, 1.82) is 0 Å².